The number of rotatable bonds is 1. The Labute approximate surface area is 74.8 Å². The van der Waals surface area contributed by atoms with Gasteiger partial charge >= 0.3 is 6.09 Å². The minimum absolute atomic E-state index is 0.101. The molecule has 0 bridgehead atoms. The molecule has 1 amide bonds. The Morgan fingerprint density at radius 1 is 1.54 bits per heavy atom. The molecule has 1 aromatic heterocycles. The highest BCUT2D eigenvalue weighted by Crippen LogP contribution is 1.86. The maximum atomic E-state index is 10.0. The largest absolute Gasteiger partial charge is 0.465 e. The van der Waals surface area contributed by atoms with Crippen molar-refractivity contribution < 1.29 is 9.90 Å². The number of hydrogen-bond donors (Lipinski definition) is 2. The number of amides is 1. The molecular formula is C8H7N3O2. The van der Waals surface area contributed by atoms with Crippen molar-refractivity contribution in [3.63, 3.8) is 0 Å². The number of nitrogens with zero attached hydrogens (tertiary/aromatic N) is 2. The molecule has 1 aromatic rings. The number of hydrogen-bond acceptors (Lipinski definition) is 3. The molecule has 0 saturated carbocycles. The Bertz CT molecular complexity index is 339. The number of carboxylic acid groups (broad SMARTS) is 1. The highest BCUT2D eigenvalue weighted by Gasteiger charge is 1.87. The summed E-state index contributed by atoms with van der Waals surface area (Å²) < 4.78 is 0. The Hall–Kier alpha value is -2.09. The fraction of sp³-hybridized carbons (Fsp3) is 0.125. The van der Waals surface area contributed by atoms with Crippen LogP contribution in [0.25, 0.3) is 0 Å². The summed E-state index contributed by atoms with van der Waals surface area (Å²) in [6, 6.07) is 0. The van der Waals surface area contributed by atoms with E-state index in [1.807, 2.05) is 0 Å². The summed E-state index contributed by atoms with van der Waals surface area (Å²) in [6.07, 6.45) is 3.43. The second-order valence-electron chi connectivity index (χ2n) is 2.09. The van der Waals surface area contributed by atoms with E-state index >= 15 is 0 Å². The molecule has 0 aliphatic heterocycles. The van der Waals surface area contributed by atoms with E-state index in [0.717, 1.165) is 0 Å². The third-order valence-corrected chi connectivity index (χ3v) is 1.12. The van der Waals surface area contributed by atoms with Crippen molar-refractivity contribution in [3.8, 4) is 11.8 Å². The van der Waals surface area contributed by atoms with E-state index in [-0.39, 0.29) is 6.54 Å². The molecule has 0 aliphatic rings. The average molecular weight is 177 g/mol. The van der Waals surface area contributed by atoms with Crippen LogP contribution in [0, 0.1) is 11.8 Å². The Morgan fingerprint density at radius 3 is 2.85 bits per heavy atom. The van der Waals surface area contributed by atoms with Crippen molar-refractivity contribution in [2.75, 3.05) is 6.54 Å². The quantitative estimate of drug-likeness (QED) is 0.596. The molecule has 1 heterocycles. The van der Waals surface area contributed by atoms with Gasteiger partial charge in [-0.1, -0.05) is 11.8 Å². The molecule has 5 heteroatoms. The summed E-state index contributed by atoms with van der Waals surface area (Å²) in [5.41, 5.74) is 0.662. The van der Waals surface area contributed by atoms with Crippen molar-refractivity contribution in [1.29, 1.82) is 0 Å². The van der Waals surface area contributed by atoms with Gasteiger partial charge in [0.25, 0.3) is 0 Å². The van der Waals surface area contributed by atoms with Crippen LogP contribution in [0.1, 0.15) is 5.56 Å². The molecular weight excluding hydrogens is 170 g/mol. The molecule has 1 rings (SSSR count). The van der Waals surface area contributed by atoms with Crippen molar-refractivity contribution in [3.05, 3.63) is 24.3 Å². The SMILES string of the molecule is O=C(O)NCC#Cc1cncnc1. The molecule has 0 saturated heterocycles. The fourth-order valence-corrected chi connectivity index (χ4v) is 0.630. The molecule has 0 spiro atoms. The molecule has 0 aromatic carbocycles. The van der Waals surface area contributed by atoms with Crippen LogP contribution in [-0.4, -0.2) is 27.7 Å². The number of nitrogens with one attached hydrogen (secondary N) is 1. The summed E-state index contributed by atoms with van der Waals surface area (Å²) in [6.45, 7) is 0.101. The number of carbonyl (C=O) groups is 1. The molecule has 2 N–H and O–H groups in total. The van der Waals surface area contributed by atoms with Crippen molar-refractivity contribution in [2.45, 2.75) is 0 Å². The maximum absolute atomic E-state index is 10.0. The lowest BCUT2D eigenvalue weighted by molar-refractivity contribution is 0.196. The van der Waals surface area contributed by atoms with Gasteiger partial charge in [-0.3, -0.25) is 0 Å². The lowest BCUT2D eigenvalue weighted by Crippen LogP contribution is -2.20. The Balaban J connectivity index is 2.44. The fourth-order valence-electron chi connectivity index (χ4n) is 0.630. The highest BCUT2D eigenvalue weighted by molar-refractivity contribution is 5.64. The van der Waals surface area contributed by atoms with Crippen LogP contribution in [0.3, 0.4) is 0 Å². The van der Waals surface area contributed by atoms with Crippen LogP contribution in [-0.2, 0) is 0 Å². The van der Waals surface area contributed by atoms with Gasteiger partial charge in [0.1, 0.15) is 6.33 Å². The monoisotopic (exact) mass is 177 g/mol. The first kappa shape index (κ1) is 9.00. The lowest BCUT2D eigenvalue weighted by atomic mass is 10.3. The smallest absolute Gasteiger partial charge is 0.405 e. The van der Waals surface area contributed by atoms with E-state index in [0.29, 0.717) is 5.56 Å². The topological polar surface area (TPSA) is 75.1 Å². The first-order valence-electron chi connectivity index (χ1n) is 3.49. The zero-order chi connectivity index (χ0) is 9.52. The van der Waals surface area contributed by atoms with Gasteiger partial charge in [0.2, 0.25) is 0 Å². The van der Waals surface area contributed by atoms with Crippen LogP contribution >= 0.6 is 0 Å². The summed E-state index contributed by atoms with van der Waals surface area (Å²) in [4.78, 5) is 17.5. The van der Waals surface area contributed by atoms with Gasteiger partial charge in [-0.2, -0.15) is 0 Å². The van der Waals surface area contributed by atoms with E-state index in [4.69, 9.17) is 5.11 Å². The predicted octanol–water partition coefficient (Wildman–Crippen LogP) is 0.0957. The highest BCUT2D eigenvalue weighted by atomic mass is 16.4. The van der Waals surface area contributed by atoms with E-state index in [9.17, 15) is 4.79 Å². The van der Waals surface area contributed by atoms with Crippen LogP contribution in [0.5, 0.6) is 0 Å². The van der Waals surface area contributed by atoms with Crippen molar-refractivity contribution >= 4 is 6.09 Å². The zero-order valence-electron chi connectivity index (χ0n) is 6.69. The molecule has 66 valence electrons. The van der Waals surface area contributed by atoms with Gasteiger partial charge in [-0.25, -0.2) is 14.8 Å². The van der Waals surface area contributed by atoms with Gasteiger partial charge in [0, 0.05) is 12.4 Å². The van der Waals surface area contributed by atoms with E-state index in [1.54, 1.807) is 12.4 Å². The predicted molar refractivity (Wildman–Crippen MR) is 44.9 cm³/mol. The average Bonchev–Trinajstić information content (AvgIpc) is 2.14. The van der Waals surface area contributed by atoms with Crippen LogP contribution in [0.4, 0.5) is 4.79 Å². The van der Waals surface area contributed by atoms with Crippen LogP contribution < -0.4 is 5.32 Å². The first-order chi connectivity index (χ1) is 6.29. The normalized spacial score (nSPS) is 8.31. The molecule has 0 aliphatic carbocycles. The van der Waals surface area contributed by atoms with Crippen molar-refractivity contribution in [2.24, 2.45) is 0 Å². The second-order valence-corrected chi connectivity index (χ2v) is 2.09. The molecule has 0 unspecified atom stereocenters. The summed E-state index contributed by atoms with van der Waals surface area (Å²) in [7, 11) is 0. The van der Waals surface area contributed by atoms with Gasteiger partial charge in [-0.15, -0.1) is 0 Å². The minimum Gasteiger partial charge on any atom is -0.465 e. The zero-order valence-corrected chi connectivity index (χ0v) is 6.69. The lowest BCUT2D eigenvalue weighted by Gasteiger charge is -1.89. The van der Waals surface area contributed by atoms with Crippen LogP contribution in [0.2, 0.25) is 0 Å². The van der Waals surface area contributed by atoms with Gasteiger partial charge in [0.05, 0.1) is 12.1 Å². The number of aromatic nitrogens is 2. The minimum atomic E-state index is -1.08. The molecule has 0 radical (unpaired) electrons. The van der Waals surface area contributed by atoms with Crippen molar-refractivity contribution in [1.82, 2.24) is 15.3 Å². The third-order valence-electron chi connectivity index (χ3n) is 1.12. The maximum Gasteiger partial charge on any atom is 0.405 e. The molecule has 0 atom stereocenters. The second kappa shape index (κ2) is 4.72. The van der Waals surface area contributed by atoms with Gasteiger partial charge in [0.15, 0.2) is 0 Å². The van der Waals surface area contributed by atoms with E-state index < -0.39 is 6.09 Å². The third kappa shape index (κ3) is 3.72. The Kier molecular flexibility index (Phi) is 3.27. The first-order valence-corrected chi connectivity index (χ1v) is 3.49. The molecule has 0 fully saturated rings. The summed E-state index contributed by atoms with van der Waals surface area (Å²) in [5.74, 6) is 5.31. The summed E-state index contributed by atoms with van der Waals surface area (Å²) in [5, 5.41) is 10.3. The summed E-state index contributed by atoms with van der Waals surface area (Å²) >= 11 is 0. The van der Waals surface area contributed by atoms with Gasteiger partial charge < -0.3 is 10.4 Å². The Morgan fingerprint density at radius 2 is 2.23 bits per heavy atom. The molecule has 5 nitrogen and oxygen atoms in total. The van der Waals surface area contributed by atoms with Crippen LogP contribution in [0.15, 0.2) is 18.7 Å². The molecule has 13 heavy (non-hydrogen) atoms. The standard InChI is InChI=1S/C8H7N3O2/c12-8(13)11-3-1-2-7-4-9-6-10-5-7/h4-6,11H,3H2,(H,12,13). The van der Waals surface area contributed by atoms with E-state index in [1.165, 1.54) is 6.33 Å². The van der Waals surface area contributed by atoms with E-state index in [2.05, 4.69) is 27.1 Å². The van der Waals surface area contributed by atoms with Gasteiger partial charge in [-0.05, 0) is 0 Å².